The van der Waals surface area contributed by atoms with Crippen LogP contribution in [0.1, 0.15) is 28.8 Å². The SMILES string of the molecule is Cc1ccccc1C(C(=O)N1CC(c2ccccn2)C1)N(C)C. The first-order chi connectivity index (χ1) is 11.1. The van der Waals surface area contributed by atoms with E-state index in [2.05, 4.69) is 18.0 Å². The van der Waals surface area contributed by atoms with Crippen LogP contribution in [0.15, 0.2) is 48.7 Å². The maximum Gasteiger partial charge on any atom is 0.244 e. The minimum absolute atomic E-state index is 0.177. The summed E-state index contributed by atoms with van der Waals surface area (Å²) in [6.07, 6.45) is 1.82. The van der Waals surface area contributed by atoms with Crippen molar-refractivity contribution in [3.05, 3.63) is 65.5 Å². The van der Waals surface area contributed by atoms with Crippen LogP contribution in [0, 0.1) is 6.92 Å². The van der Waals surface area contributed by atoms with Gasteiger partial charge in [0.25, 0.3) is 0 Å². The van der Waals surface area contributed by atoms with Crippen molar-refractivity contribution in [2.75, 3.05) is 27.2 Å². The molecule has 1 unspecified atom stereocenters. The van der Waals surface area contributed by atoms with Crippen LogP contribution in [0.5, 0.6) is 0 Å². The van der Waals surface area contributed by atoms with E-state index in [1.807, 2.05) is 66.5 Å². The normalized spacial score (nSPS) is 16.3. The third kappa shape index (κ3) is 3.13. The number of rotatable bonds is 4. The third-order valence-corrected chi connectivity index (χ3v) is 4.53. The van der Waals surface area contributed by atoms with Crippen LogP contribution >= 0.6 is 0 Å². The van der Waals surface area contributed by atoms with Crippen molar-refractivity contribution in [2.45, 2.75) is 18.9 Å². The molecule has 1 atom stereocenters. The van der Waals surface area contributed by atoms with E-state index in [1.54, 1.807) is 0 Å². The molecule has 0 bridgehead atoms. The van der Waals surface area contributed by atoms with Gasteiger partial charge in [-0.15, -0.1) is 0 Å². The number of pyridine rings is 1. The van der Waals surface area contributed by atoms with Gasteiger partial charge in [0.05, 0.1) is 0 Å². The Morgan fingerprint density at radius 2 is 1.87 bits per heavy atom. The monoisotopic (exact) mass is 309 g/mol. The third-order valence-electron chi connectivity index (χ3n) is 4.53. The fourth-order valence-electron chi connectivity index (χ4n) is 3.16. The molecule has 1 fully saturated rings. The molecule has 3 rings (SSSR count). The van der Waals surface area contributed by atoms with E-state index >= 15 is 0 Å². The molecule has 1 saturated heterocycles. The second-order valence-electron chi connectivity index (χ2n) is 6.42. The van der Waals surface area contributed by atoms with Crippen molar-refractivity contribution >= 4 is 5.91 Å². The number of hydrogen-bond acceptors (Lipinski definition) is 3. The van der Waals surface area contributed by atoms with Crippen LogP contribution in [0.3, 0.4) is 0 Å². The van der Waals surface area contributed by atoms with Gasteiger partial charge in [-0.2, -0.15) is 0 Å². The van der Waals surface area contributed by atoms with Gasteiger partial charge in [-0.05, 0) is 44.3 Å². The predicted octanol–water partition coefficient (Wildman–Crippen LogP) is 2.62. The highest BCUT2D eigenvalue weighted by Crippen LogP contribution is 2.31. The van der Waals surface area contributed by atoms with E-state index in [0.717, 1.165) is 29.9 Å². The number of likely N-dealkylation sites (tertiary alicyclic amines) is 1. The van der Waals surface area contributed by atoms with Crippen molar-refractivity contribution in [3.8, 4) is 0 Å². The number of aromatic nitrogens is 1. The highest BCUT2D eigenvalue weighted by Gasteiger charge is 2.37. The zero-order chi connectivity index (χ0) is 16.4. The standard InChI is InChI=1S/C19H23N3O/c1-14-8-4-5-9-16(14)18(21(2)3)19(23)22-12-15(13-22)17-10-6-7-11-20-17/h4-11,15,18H,12-13H2,1-3H3. The number of nitrogens with zero attached hydrogens (tertiary/aromatic N) is 3. The van der Waals surface area contributed by atoms with Gasteiger partial charge >= 0.3 is 0 Å². The summed E-state index contributed by atoms with van der Waals surface area (Å²) < 4.78 is 0. The van der Waals surface area contributed by atoms with Gasteiger partial charge in [0, 0.05) is 30.9 Å². The molecule has 1 amide bonds. The molecule has 2 aromatic rings. The Hall–Kier alpha value is -2.20. The molecule has 0 spiro atoms. The van der Waals surface area contributed by atoms with Crippen LogP contribution in [-0.2, 0) is 4.79 Å². The number of carbonyl (C=O) groups excluding carboxylic acids is 1. The molecule has 0 N–H and O–H groups in total. The summed E-state index contributed by atoms with van der Waals surface area (Å²) >= 11 is 0. The average Bonchev–Trinajstić information content (AvgIpc) is 2.49. The number of amides is 1. The van der Waals surface area contributed by atoms with Gasteiger partial charge in [0.1, 0.15) is 6.04 Å². The Balaban J connectivity index is 1.73. The Labute approximate surface area is 137 Å². The molecule has 1 aromatic carbocycles. The zero-order valence-electron chi connectivity index (χ0n) is 13.9. The van der Waals surface area contributed by atoms with Gasteiger partial charge in [0.2, 0.25) is 5.91 Å². The van der Waals surface area contributed by atoms with Crippen molar-refractivity contribution in [1.29, 1.82) is 0 Å². The molecule has 1 aliphatic rings. The lowest BCUT2D eigenvalue weighted by atomic mass is 9.92. The van der Waals surface area contributed by atoms with Gasteiger partial charge in [-0.25, -0.2) is 0 Å². The topological polar surface area (TPSA) is 36.4 Å². The molecular weight excluding hydrogens is 286 g/mol. The first kappa shape index (κ1) is 15.7. The van der Waals surface area contributed by atoms with Crippen molar-refractivity contribution in [3.63, 3.8) is 0 Å². The second-order valence-corrected chi connectivity index (χ2v) is 6.42. The van der Waals surface area contributed by atoms with Crippen LogP contribution < -0.4 is 0 Å². The Morgan fingerprint density at radius 3 is 2.48 bits per heavy atom. The number of hydrogen-bond donors (Lipinski definition) is 0. The number of benzene rings is 1. The minimum Gasteiger partial charge on any atom is -0.340 e. The summed E-state index contributed by atoms with van der Waals surface area (Å²) in [5.74, 6) is 0.538. The van der Waals surface area contributed by atoms with E-state index < -0.39 is 0 Å². The quantitative estimate of drug-likeness (QED) is 0.871. The lowest BCUT2D eigenvalue weighted by molar-refractivity contribution is -0.141. The molecule has 4 heteroatoms. The van der Waals surface area contributed by atoms with E-state index in [0.29, 0.717) is 5.92 Å². The summed E-state index contributed by atoms with van der Waals surface area (Å²) in [5, 5.41) is 0. The minimum atomic E-state index is -0.221. The summed E-state index contributed by atoms with van der Waals surface area (Å²) in [6, 6.07) is 13.9. The maximum atomic E-state index is 13.0. The first-order valence-electron chi connectivity index (χ1n) is 7.99. The van der Waals surface area contributed by atoms with Gasteiger partial charge in [0.15, 0.2) is 0 Å². The highest BCUT2D eigenvalue weighted by atomic mass is 16.2. The van der Waals surface area contributed by atoms with E-state index in [-0.39, 0.29) is 11.9 Å². The molecule has 120 valence electrons. The van der Waals surface area contributed by atoms with Crippen molar-refractivity contribution in [2.24, 2.45) is 0 Å². The molecule has 4 nitrogen and oxygen atoms in total. The number of likely N-dealkylation sites (N-methyl/N-ethyl adjacent to an activating group) is 1. The molecule has 1 aromatic heterocycles. The predicted molar refractivity (Wildman–Crippen MR) is 91.2 cm³/mol. The fourth-order valence-corrected chi connectivity index (χ4v) is 3.16. The Kier molecular flexibility index (Phi) is 4.44. The number of aryl methyl sites for hydroxylation is 1. The Morgan fingerprint density at radius 1 is 1.17 bits per heavy atom. The molecule has 0 radical (unpaired) electrons. The highest BCUT2D eigenvalue weighted by molar-refractivity contribution is 5.84. The smallest absolute Gasteiger partial charge is 0.244 e. The molecule has 23 heavy (non-hydrogen) atoms. The second kappa shape index (κ2) is 6.50. The number of carbonyl (C=O) groups is 1. The molecular formula is C19H23N3O. The van der Waals surface area contributed by atoms with Crippen LogP contribution in [-0.4, -0.2) is 47.9 Å². The van der Waals surface area contributed by atoms with E-state index in [1.165, 1.54) is 0 Å². The molecule has 2 heterocycles. The van der Waals surface area contributed by atoms with Gasteiger partial charge in [-0.3, -0.25) is 14.7 Å². The Bertz CT molecular complexity index is 678. The first-order valence-corrected chi connectivity index (χ1v) is 7.99. The lowest BCUT2D eigenvalue weighted by Crippen LogP contribution is -2.52. The molecule has 1 aliphatic heterocycles. The largest absolute Gasteiger partial charge is 0.340 e. The van der Waals surface area contributed by atoms with Crippen LogP contribution in [0.2, 0.25) is 0 Å². The fraction of sp³-hybridized carbons (Fsp3) is 0.368. The van der Waals surface area contributed by atoms with Crippen molar-refractivity contribution < 1.29 is 4.79 Å². The average molecular weight is 309 g/mol. The lowest BCUT2D eigenvalue weighted by Gasteiger charge is -2.42. The van der Waals surface area contributed by atoms with Crippen LogP contribution in [0.25, 0.3) is 0 Å². The van der Waals surface area contributed by atoms with E-state index in [9.17, 15) is 4.79 Å². The van der Waals surface area contributed by atoms with Crippen LogP contribution in [0.4, 0.5) is 0 Å². The van der Waals surface area contributed by atoms with Gasteiger partial charge in [-0.1, -0.05) is 30.3 Å². The summed E-state index contributed by atoms with van der Waals surface area (Å²) in [6.45, 7) is 3.57. The summed E-state index contributed by atoms with van der Waals surface area (Å²) in [5.41, 5.74) is 3.32. The van der Waals surface area contributed by atoms with E-state index in [4.69, 9.17) is 0 Å². The molecule has 0 aliphatic carbocycles. The maximum absolute atomic E-state index is 13.0. The van der Waals surface area contributed by atoms with Crippen molar-refractivity contribution in [1.82, 2.24) is 14.8 Å². The summed E-state index contributed by atoms with van der Waals surface area (Å²) in [4.78, 5) is 21.3. The molecule has 0 saturated carbocycles. The van der Waals surface area contributed by atoms with Gasteiger partial charge < -0.3 is 4.90 Å². The zero-order valence-corrected chi connectivity index (χ0v) is 13.9. The summed E-state index contributed by atoms with van der Waals surface area (Å²) in [7, 11) is 3.93.